The summed E-state index contributed by atoms with van der Waals surface area (Å²) in [5.74, 6) is -0.236. The number of esters is 1. The first kappa shape index (κ1) is 22.4. The highest BCUT2D eigenvalue weighted by atomic mass is 35.5. The minimum absolute atomic E-state index is 0.163. The summed E-state index contributed by atoms with van der Waals surface area (Å²) in [6.07, 6.45) is 3.02. The standard InChI is InChI=1S/C22H15ClN2O7/c1-31-21-12-14(6-8-15-9-10-16(24(27)28)13-19(15)25(29)30)7-11-20(21)32-22(26)17-4-2-3-5-18(17)23/h2-13H,1H3. The quantitative estimate of drug-likeness (QED) is 0.151. The molecule has 0 aromatic heterocycles. The van der Waals surface area contributed by atoms with Crippen LogP contribution in [0.3, 0.4) is 0 Å². The first-order valence-electron chi connectivity index (χ1n) is 9.06. The van der Waals surface area contributed by atoms with Crippen LogP contribution in [0, 0.1) is 20.2 Å². The van der Waals surface area contributed by atoms with Gasteiger partial charge < -0.3 is 9.47 Å². The number of ether oxygens (including phenoxy) is 2. The summed E-state index contributed by atoms with van der Waals surface area (Å²) in [4.78, 5) is 33.1. The fraction of sp³-hybridized carbons (Fsp3) is 0.0455. The molecule has 0 heterocycles. The van der Waals surface area contributed by atoms with Crippen LogP contribution in [0.15, 0.2) is 60.7 Å². The zero-order valence-corrected chi connectivity index (χ0v) is 17.3. The van der Waals surface area contributed by atoms with Crippen molar-refractivity contribution in [2.45, 2.75) is 0 Å². The molecule has 0 aliphatic heterocycles. The van der Waals surface area contributed by atoms with E-state index in [9.17, 15) is 25.0 Å². The van der Waals surface area contributed by atoms with Gasteiger partial charge in [0.25, 0.3) is 11.4 Å². The van der Waals surface area contributed by atoms with Crippen LogP contribution in [0.2, 0.25) is 5.02 Å². The van der Waals surface area contributed by atoms with Crippen LogP contribution >= 0.6 is 11.6 Å². The highest BCUT2D eigenvalue weighted by molar-refractivity contribution is 6.33. The lowest BCUT2D eigenvalue weighted by molar-refractivity contribution is -0.394. The molecule has 0 aliphatic rings. The summed E-state index contributed by atoms with van der Waals surface area (Å²) in [7, 11) is 1.40. The van der Waals surface area contributed by atoms with Gasteiger partial charge in [-0.25, -0.2) is 4.79 Å². The van der Waals surface area contributed by atoms with Gasteiger partial charge in [0.15, 0.2) is 11.5 Å². The highest BCUT2D eigenvalue weighted by Gasteiger charge is 2.18. The van der Waals surface area contributed by atoms with Gasteiger partial charge in [0.2, 0.25) is 0 Å². The maximum Gasteiger partial charge on any atom is 0.345 e. The molecule has 32 heavy (non-hydrogen) atoms. The van der Waals surface area contributed by atoms with Crippen molar-refractivity contribution in [3.8, 4) is 11.5 Å². The Bertz CT molecular complexity index is 1240. The van der Waals surface area contributed by atoms with Crippen molar-refractivity contribution in [1.29, 1.82) is 0 Å². The molecule has 0 saturated heterocycles. The van der Waals surface area contributed by atoms with Gasteiger partial charge in [-0.15, -0.1) is 0 Å². The number of carbonyl (C=O) groups excluding carboxylic acids is 1. The third-order valence-corrected chi connectivity index (χ3v) is 4.69. The maximum absolute atomic E-state index is 12.4. The topological polar surface area (TPSA) is 122 Å². The number of nitrogens with zero attached hydrogens (tertiary/aromatic N) is 2. The van der Waals surface area contributed by atoms with Gasteiger partial charge in [-0.3, -0.25) is 20.2 Å². The average Bonchev–Trinajstić information content (AvgIpc) is 2.78. The molecule has 3 aromatic rings. The Kier molecular flexibility index (Phi) is 6.81. The van der Waals surface area contributed by atoms with Gasteiger partial charge in [0.1, 0.15) is 0 Å². The molecule has 3 aromatic carbocycles. The number of rotatable bonds is 7. The van der Waals surface area contributed by atoms with E-state index in [1.807, 2.05) is 0 Å². The number of benzene rings is 3. The predicted molar refractivity (Wildman–Crippen MR) is 118 cm³/mol. The van der Waals surface area contributed by atoms with Crippen molar-refractivity contribution in [3.63, 3.8) is 0 Å². The van der Waals surface area contributed by atoms with Crippen LogP contribution in [-0.4, -0.2) is 22.9 Å². The molecule has 162 valence electrons. The lowest BCUT2D eigenvalue weighted by atomic mass is 10.1. The second-order valence-electron chi connectivity index (χ2n) is 6.37. The summed E-state index contributed by atoms with van der Waals surface area (Å²) in [6.45, 7) is 0. The molecule has 0 saturated carbocycles. The molecule has 0 amide bonds. The molecule has 3 rings (SSSR count). The fourth-order valence-corrected chi connectivity index (χ4v) is 3.00. The van der Waals surface area contributed by atoms with Gasteiger partial charge in [0.05, 0.1) is 39.2 Å². The molecule has 0 bridgehead atoms. The fourth-order valence-electron chi connectivity index (χ4n) is 2.78. The Balaban J connectivity index is 1.86. The van der Waals surface area contributed by atoms with E-state index in [0.717, 1.165) is 6.07 Å². The number of halogens is 1. The number of carbonyl (C=O) groups is 1. The second kappa shape index (κ2) is 9.71. The number of nitro groups is 2. The zero-order valence-electron chi connectivity index (χ0n) is 16.6. The van der Waals surface area contributed by atoms with E-state index in [4.69, 9.17) is 21.1 Å². The summed E-state index contributed by atoms with van der Waals surface area (Å²) in [5, 5.41) is 22.4. The van der Waals surface area contributed by atoms with E-state index in [1.165, 1.54) is 37.5 Å². The van der Waals surface area contributed by atoms with Crippen LogP contribution in [-0.2, 0) is 0 Å². The third-order valence-electron chi connectivity index (χ3n) is 4.36. The van der Waals surface area contributed by atoms with Crippen LogP contribution in [0.5, 0.6) is 11.5 Å². The summed E-state index contributed by atoms with van der Waals surface area (Å²) < 4.78 is 10.7. The predicted octanol–water partition coefficient (Wildman–Crippen LogP) is 5.55. The normalized spacial score (nSPS) is 10.7. The van der Waals surface area contributed by atoms with Crippen LogP contribution in [0.1, 0.15) is 21.5 Å². The van der Waals surface area contributed by atoms with Crippen molar-refractivity contribution < 1.29 is 24.1 Å². The molecule has 0 spiro atoms. The van der Waals surface area contributed by atoms with E-state index in [2.05, 4.69) is 0 Å². The summed E-state index contributed by atoms with van der Waals surface area (Å²) >= 11 is 6.02. The van der Waals surface area contributed by atoms with Gasteiger partial charge in [0, 0.05) is 6.07 Å². The first-order valence-corrected chi connectivity index (χ1v) is 9.43. The van der Waals surface area contributed by atoms with E-state index in [-0.39, 0.29) is 33.3 Å². The van der Waals surface area contributed by atoms with Crippen molar-refractivity contribution >= 4 is 41.1 Å². The molecule has 0 aliphatic carbocycles. The van der Waals surface area contributed by atoms with E-state index < -0.39 is 21.5 Å². The molecule has 0 radical (unpaired) electrons. The van der Waals surface area contributed by atoms with Gasteiger partial charge in [-0.05, 0) is 42.0 Å². The largest absolute Gasteiger partial charge is 0.493 e. The van der Waals surface area contributed by atoms with Crippen molar-refractivity contribution in [2.24, 2.45) is 0 Å². The molecular formula is C22H15ClN2O7. The van der Waals surface area contributed by atoms with Crippen molar-refractivity contribution in [2.75, 3.05) is 7.11 Å². The Morgan fingerprint density at radius 3 is 2.34 bits per heavy atom. The van der Waals surface area contributed by atoms with Crippen LogP contribution < -0.4 is 9.47 Å². The highest BCUT2D eigenvalue weighted by Crippen LogP contribution is 2.31. The number of non-ortho nitro benzene ring substituents is 1. The minimum atomic E-state index is -0.700. The SMILES string of the molecule is COc1cc(C=Cc2ccc([N+](=O)[O-])cc2[N+](=O)[O-])ccc1OC(=O)c1ccccc1Cl. The number of nitro benzene ring substituents is 2. The zero-order chi connectivity index (χ0) is 23.3. The van der Waals surface area contributed by atoms with E-state index in [1.54, 1.807) is 36.4 Å². The molecule has 9 nitrogen and oxygen atoms in total. The smallest absolute Gasteiger partial charge is 0.345 e. The van der Waals surface area contributed by atoms with E-state index >= 15 is 0 Å². The number of hydrogen-bond acceptors (Lipinski definition) is 7. The lowest BCUT2D eigenvalue weighted by Gasteiger charge is -2.10. The van der Waals surface area contributed by atoms with Gasteiger partial charge in [-0.1, -0.05) is 35.9 Å². The number of hydrogen-bond donors (Lipinski definition) is 0. The molecule has 0 atom stereocenters. The maximum atomic E-state index is 12.4. The van der Waals surface area contributed by atoms with E-state index in [0.29, 0.717) is 5.56 Å². The summed E-state index contributed by atoms with van der Waals surface area (Å²) in [6, 6.07) is 14.5. The van der Waals surface area contributed by atoms with Crippen LogP contribution in [0.25, 0.3) is 12.2 Å². The molecule has 0 fully saturated rings. The Hall–Kier alpha value is -4.24. The Labute approximate surface area is 186 Å². The average molecular weight is 455 g/mol. The minimum Gasteiger partial charge on any atom is -0.493 e. The van der Waals surface area contributed by atoms with Crippen molar-refractivity contribution in [3.05, 3.63) is 103 Å². The van der Waals surface area contributed by atoms with Crippen LogP contribution in [0.4, 0.5) is 11.4 Å². The molecule has 0 N–H and O–H groups in total. The first-order chi connectivity index (χ1) is 15.3. The van der Waals surface area contributed by atoms with Gasteiger partial charge in [-0.2, -0.15) is 0 Å². The Morgan fingerprint density at radius 2 is 1.69 bits per heavy atom. The van der Waals surface area contributed by atoms with Gasteiger partial charge >= 0.3 is 5.97 Å². The summed E-state index contributed by atoms with van der Waals surface area (Å²) in [5.41, 5.74) is 0.208. The molecular weight excluding hydrogens is 440 g/mol. The van der Waals surface area contributed by atoms with Crippen molar-refractivity contribution in [1.82, 2.24) is 0 Å². The Morgan fingerprint density at radius 1 is 0.938 bits per heavy atom. The lowest BCUT2D eigenvalue weighted by Crippen LogP contribution is -2.09. The monoisotopic (exact) mass is 454 g/mol. The molecule has 10 heteroatoms. The third kappa shape index (κ3) is 5.08. The molecule has 0 unspecified atom stereocenters. The number of methoxy groups -OCH3 is 1. The second-order valence-corrected chi connectivity index (χ2v) is 6.78.